The third-order valence-electron chi connectivity index (χ3n) is 3.38. The van der Waals surface area contributed by atoms with Crippen molar-refractivity contribution in [1.29, 1.82) is 0 Å². The Labute approximate surface area is 119 Å². The van der Waals surface area contributed by atoms with Crippen LogP contribution in [0, 0.1) is 0 Å². The first-order valence-electron chi connectivity index (χ1n) is 7.05. The fourth-order valence-corrected chi connectivity index (χ4v) is 2.30. The predicted octanol–water partition coefficient (Wildman–Crippen LogP) is 3.01. The molecule has 104 valence electrons. The summed E-state index contributed by atoms with van der Waals surface area (Å²) >= 11 is 0. The van der Waals surface area contributed by atoms with Crippen LogP contribution in [0.15, 0.2) is 54.6 Å². The largest absolute Gasteiger partial charge is 0.486 e. The lowest BCUT2D eigenvalue weighted by Gasteiger charge is -2.26. The molecule has 1 atom stereocenters. The van der Waals surface area contributed by atoms with Gasteiger partial charge in [0.15, 0.2) is 11.5 Å². The monoisotopic (exact) mass is 269 g/mol. The number of ether oxygens (including phenoxy) is 2. The summed E-state index contributed by atoms with van der Waals surface area (Å²) in [6.07, 6.45) is 1.08. The van der Waals surface area contributed by atoms with Crippen molar-refractivity contribution in [3.8, 4) is 11.5 Å². The van der Waals surface area contributed by atoms with Crippen LogP contribution in [0.5, 0.6) is 11.5 Å². The summed E-state index contributed by atoms with van der Waals surface area (Å²) in [7, 11) is 0. The van der Waals surface area contributed by atoms with E-state index >= 15 is 0 Å². The third-order valence-corrected chi connectivity index (χ3v) is 3.38. The average Bonchev–Trinajstić information content (AvgIpc) is 2.52. The quantitative estimate of drug-likeness (QED) is 0.846. The Morgan fingerprint density at radius 1 is 0.950 bits per heavy atom. The van der Waals surface area contributed by atoms with Gasteiger partial charge < -0.3 is 14.8 Å². The summed E-state index contributed by atoms with van der Waals surface area (Å²) in [4.78, 5) is 0. The van der Waals surface area contributed by atoms with Gasteiger partial charge >= 0.3 is 0 Å². The molecular formula is C17H19NO2. The molecule has 0 spiro atoms. The number of hydrogen-bond donors (Lipinski definition) is 1. The average molecular weight is 269 g/mol. The molecule has 0 aromatic heterocycles. The summed E-state index contributed by atoms with van der Waals surface area (Å²) in [5.41, 5.74) is 1.30. The molecule has 1 unspecified atom stereocenters. The van der Waals surface area contributed by atoms with Gasteiger partial charge in [0.25, 0.3) is 0 Å². The zero-order chi connectivity index (χ0) is 13.6. The van der Waals surface area contributed by atoms with Gasteiger partial charge in [0.2, 0.25) is 0 Å². The molecule has 0 amide bonds. The second kappa shape index (κ2) is 6.44. The molecule has 1 N–H and O–H groups in total. The fourth-order valence-electron chi connectivity index (χ4n) is 2.30. The van der Waals surface area contributed by atoms with Crippen molar-refractivity contribution < 1.29 is 9.47 Å². The Balaban J connectivity index is 1.42. The topological polar surface area (TPSA) is 30.5 Å². The second-order valence-corrected chi connectivity index (χ2v) is 4.95. The lowest BCUT2D eigenvalue weighted by molar-refractivity contribution is 0.0849. The highest BCUT2D eigenvalue weighted by atomic mass is 16.6. The SMILES string of the molecule is c1ccc(CNCCC2COc3ccccc3O2)cc1. The van der Waals surface area contributed by atoms with Gasteiger partial charge in [0, 0.05) is 13.0 Å². The van der Waals surface area contributed by atoms with E-state index in [0.29, 0.717) is 6.61 Å². The van der Waals surface area contributed by atoms with Crippen molar-refractivity contribution in [2.45, 2.75) is 19.1 Å². The molecule has 0 aliphatic carbocycles. The lowest BCUT2D eigenvalue weighted by atomic mass is 10.2. The van der Waals surface area contributed by atoms with E-state index in [9.17, 15) is 0 Å². The van der Waals surface area contributed by atoms with Gasteiger partial charge in [-0.05, 0) is 24.2 Å². The van der Waals surface area contributed by atoms with Crippen molar-refractivity contribution in [2.24, 2.45) is 0 Å². The molecule has 0 saturated carbocycles. The van der Waals surface area contributed by atoms with Gasteiger partial charge in [-0.3, -0.25) is 0 Å². The van der Waals surface area contributed by atoms with Crippen LogP contribution in [0.2, 0.25) is 0 Å². The smallest absolute Gasteiger partial charge is 0.161 e. The van der Waals surface area contributed by atoms with E-state index in [1.165, 1.54) is 5.56 Å². The highest BCUT2D eigenvalue weighted by Gasteiger charge is 2.19. The third kappa shape index (κ3) is 3.31. The summed E-state index contributed by atoms with van der Waals surface area (Å²) in [5.74, 6) is 1.70. The number of nitrogens with one attached hydrogen (secondary N) is 1. The molecule has 1 heterocycles. The van der Waals surface area contributed by atoms with Gasteiger partial charge in [-0.2, -0.15) is 0 Å². The van der Waals surface area contributed by atoms with Crippen molar-refractivity contribution in [3.05, 3.63) is 60.2 Å². The first-order chi connectivity index (χ1) is 9.92. The van der Waals surface area contributed by atoms with E-state index in [1.54, 1.807) is 0 Å². The van der Waals surface area contributed by atoms with Crippen LogP contribution in [0.3, 0.4) is 0 Å². The van der Waals surface area contributed by atoms with Crippen molar-refractivity contribution in [3.63, 3.8) is 0 Å². The molecule has 3 nitrogen and oxygen atoms in total. The molecule has 0 saturated heterocycles. The molecular weight excluding hydrogens is 250 g/mol. The van der Waals surface area contributed by atoms with E-state index in [0.717, 1.165) is 31.0 Å². The van der Waals surface area contributed by atoms with E-state index in [4.69, 9.17) is 9.47 Å². The van der Waals surface area contributed by atoms with Crippen molar-refractivity contribution >= 4 is 0 Å². The normalized spacial score (nSPS) is 16.9. The van der Waals surface area contributed by atoms with Gasteiger partial charge in [-0.1, -0.05) is 42.5 Å². The molecule has 2 aromatic rings. The summed E-state index contributed by atoms with van der Waals surface area (Å²) < 4.78 is 11.6. The maximum atomic E-state index is 5.92. The number of rotatable bonds is 5. The predicted molar refractivity (Wildman–Crippen MR) is 79.1 cm³/mol. The van der Waals surface area contributed by atoms with Crippen LogP contribution in [0.1, 0.15) is 12.0 Å². The molecule has 3 rings (SSSR count). The number of para-hydroxylation sites is 2. The minimum absolute atomic E-state index is 0.133. The van der Waals surface area contributed by atoms with E-state index in [-0.39, 0.29) is 6.10 Å². The highest BCUT2D eigenvalue weighted by Crippen LogP contribution is 2.31. The van der Waals surface area contributed by atoms with Gasteiger partial charge in [-0.25, -0.2) is 0 Å². The van der Waals surface area contributed by atoms with E-state index < -0.39 is 0 Å². The first-order valence-corrected chi connectivity index (χ1v) is 7.05. The molecule has 0 fully saturated rings. The van der Waals surface area contributed by atoms with Gasteiger partial charge in [0.05, 0.1) is 0 Å². The molecule has 1 aliphatic rings. The molecule has 3 heteroatoms. The molecule has 0 radical (unpaired) electrons. The Morgan fingerprint density at radius 2 is 1.70 bits per heavy atom. The van der Waals surface area contributed by atoms with Crippen LogP contribution in [-0.4, -0.2) is 19.3 Å². The maximum absolute atomic E-state index is 5.92. The highest BCUT2D eigenvalue weighted by molar-refractivity contribution is 5.40. The van der Waals surface area contributed by atoms with Crippen LogP contribution in [-0.2, 0) is 6.54 Å². The lowest BCUT2D eigenvalue weighted by Crippen LogP contribution is -2.32. The van der Waals surface area contributed by atoms with Crippen LogP contribution < -0.4 is 14.8 Å². The second-order valence-electron chi connectivity index (χ2n) is 4.95. The minimum Gasteiger partial charge on any atom is -0.486 e. The Bertz CT molecular complexity index is 542. The summed E-state index contributed by atoms with van der Waals surface area (Å²) in [5, 5.41) is 3.44. The fraction of sp³-hybridized carbons (Fsp3) is 0.294. The summed E-state index contributed by atoms with van der Waals surface area (Å²) in [6, 6.07) is 18.2. The van der Waals surface area contributed by atoms with Crippen LogP contribution >= 0.6 is 0 Å². The van der Waals surface area contributed by atoms with Gasteiger partial charge in [0.1, 0.15) is 12.7 Å². The Hall–Kier alpha value is -2.00. The molecule has 0 bridgehead atoms. The standard InChI is InChI=1S/C17H19NO2/c1-2-6-14(7-3-1)12-18-11-10-15-13-19-16-8-4-5-9-17(16)20-15/h1-9,15,18H,10-13H2. The zero-order valence-corrected chi connectivity index (χ0v) is 11.4. The molecule has 20 heavy (non-hydrogen) atoms. The van der Waals surface area contributed by atoms with Crippen LogP contribution in [0.4, 0.5) is 0 Å². The number of fused-ring (bicyclic) bond motifs is 1. The van der Waals surface area contributed by atoms with E-state index in [1.807, 2.05) is 30.3 Å². The Morgan fingerprint density at radius 3 is 2.55 bits per heavy atom. The maximum Gasteiger partial charge on any atom is 0.161 e. The summed E-state index contributed by atoms with van der Waals surface area (Å²) in [6.45, 7) is 2.44. The minimum atomic E-state index is 0.133. The Kier molecular flexibility index (Phi) is 4.19. The van der Waals surface area contributed by atoms with Crippen molar-refractivity contribution in [2.75, 3.05) is 13.2 Å². The zero-order valence-electron chi connectivity index (χ0n) is 11.4. The van der Waals surface area contributed by atoms with E-state index in [2.05, 4.69) is 29.6 Å². The number of benzene rings is 2. The van der Waals surface area contributed by atoms with Crippen LogP contribution in [0.25, 0.3) is 0 Å². The van der Waals surface area contributed by atoms with Gasteiger partial charge in [-0.15, -0.1) is 0 Å². The molecule has 1 aliphatic heterocycles. The molecule has 2 aromatic carbocycles. The first kappa shape index (κ1) is 13.0. The van der Waals surface area contributed by atoms with Crippen molar-refractivity contribution in [1.82, 2.24) is 5.32 Å². The number of hydrogen-bond acceptors (Lipinski definition) is 3.